The van der Waals surface area contributed by atoms with Crippen molar-refractivity contribution in [3.63, 3.8) is 0 Å². The number of phenolic OH excluding ortho intramolecular Hbond substituents is 1. The maximum Gasteiger partial charge on any atom is 0.306 e. The van der Waals surface area contributed by atoms with E-state index in [1.54, 1.807) is 17.9 Å². The van der Waals surface area contributed by atoms with Crippen molar-refractivity contribution in [3.05, 3.63) is 35.4 Å². The van der Waals surface area contributed by atoms with E-state index in [9.17, 15) is 9.90 Å². The number of hydrogen-bond acceptors (Lipinski definition) is 5. The van der Waals surface area contributed by atoms with Crippen LogP contribution in [0.5, 0.6) is 11.5 Å². The molecule has 1 aromatic rings. The molecule has 3 saturated carbocycles. The molecule has 1 N–H and O–H groups in total. The van der Waals surface area contributed by atoms with Gasteiger partial charge in [0.05, 0.1) is 6.61 Å². The van der Waals surface area contributed by atoms with Gasteiger partial charge in [0.1, 0.15) is 17.6 Å². The maximum absolute atomic E-state index is 12.9. The van der Waals surface area contributed by atoms with Crippen molar-refractivity contribution in [3.8, 4) is 11.5 Å². The molecule has 5 nitrogen and oxygen atoms in total. The zero-order valence-corrected chi connectivity index (χ0v) is 34.8. The van der Waals surface area contributed by atoms with Gasteiger partial charge in [0, 0.05) is 37.2 Å². The van der Waals surface area contributed by atoms with E-state index in [1.165, 1.54) is 96.3 Å². The molecule has 0 saturated heterocycles. The number of carbonyl (C=O) groups excluding carboxylic acids is 1. The molecule has 5 rings (SSSR count). The molecular formula is C48H77NO4. The number of ether oxygens (including phenoxy) is 2. The number of aromatic hydroxyl groups is 1. The zero-order chi connectivity index (χ0) is 37.8. The van der Waals surface area contributed by atoms with Gasteiger partial charge >= 0.3 is 5.97 Å². The number of aliphatic imine (C=N–C) groups is 1. The van der Waals surface area contributed by atoms with E-state index in [2.05, 4.69) is 52.6 Å². The number of rotatable bonds is 21. The van der Waals surface area contributed by atoms with Gasteiger partial charge in [-0.05, 0) is 116 Å². The van der Waals surface area contributed by atoms with Crippen LogP contribution in [0.2, 0.25) is 0 Å². The first-order valence-corrected chi connectivity index (χ1v) is 22.4. The second-order valence-electron chi connectivity index (χ2n) is 18.8. The second kappa shape index (κ2) is 20.0. The third kappa shape index (κ3) is 10.9. The fourth-order valence-electron chi connectivity index (χ4n) is 11.6. The van der Waals surface area contributed by atoms with Gasteiger partial charge in [-0.25, -0.2) is 0 Å². The van der Waals surface area contributed by atoms with Gasteiger partial charge in [0.25, 0.3) is 0 Å². The van der Waals surface area contributed by atoms with Crippen LogP contribution in [0, 0.1) is 46.3 Å². The van der Waals surface area contributed by atoms with E-state index in [0.717, 1.165) is 67.7 Å². The smallest absolute Gasteiger partial charge is 0.306 e. The van der Waals surface area contributed by atoms with Crippen molar-refractivity contribution in [2.24, 2.45) is 51.3 Å². The standard InChI is InChI=1S/C48H77NO4/c1-7-8-9-10-11-12-13-14-30-49-34-37-20-22-39(33-45(37)50)52-31-16-19-46(51)53-40-26-28-47(5)38(32-40)21-23-41-43-25-24-42(36(4)18-15-17-35(2)3)48(43,6)29-27-44(41)47/h20-22,33-36,40-44,50H,7-19,23-32H2,1-6H3/t36-,40+,41+,42-,43+,44+,47+,48-/m1/s1. The minimum Gasteiger partial charge on any atom is -0.507 e. The predicted octanol–water partition coefficient (Wildman–Crippen LogP) is 13.1. The summed E-state index contributed by atoms with van der Waals surface area (Å²) in [6.45, 7) is 16.0. The Morgan fingerprint density at radius 2 is 1.70 bits per heavy atom. The summed E-state index contributed by atoms with van der Waals surface area (Å²) in [5.74, 6) is 5.70. The Labute approximate surface area is 324 Å². The molecule has 0 aliphatic heterocycles. The van der Waals surface area contributed by atoms with Gasteiger partial charge < -0.3 is 14.6 Å². The Morgan fingerprint density at radius 1 is 0.925 bits per heavy atom. The van der Waals surface area contributed by atoms with Gasteiger partial charge in [0.15, 0.2) is 0 Å². The number of allylic oxidation sites excluding steroid dienone is 1. The predicted molar refractivity (Wildman–Crippen MR) is 221 cm³/mol. The van der Waals surface area contributed by atoms with Gasteiger partial charge in [0.2, 0.25) is 0 Å². The summed E-state index contributed by atoms with van der Waals surface area (Å²) in [5.41, 5.74) is 3.07. The largest absolute Gasteiger partial charge is 0.507 e. The molecule has 0 unspecified atom stereocenters. The molecule has 0 radical (unpaired) electrons. The monoisotopic (exact) mass is 732 g/mol. The van der Waals surface area contributed by atoms with Crippen LogP contribution in [-0.2, 0) is 9.53 Å². The third-order valence-corrected chi connectivity index (χ3v) is 14.7. The first-order chi connectivity index (χ1) is 25.5. The summed E-state index contributed by atoms with van der Waals surface area (Å²) < 4.78 is 12.0. The number of fused-ring (bicyclic) bond motifs is 5. The van der Waals surface area contributed by atoms with Crippen LogP contribution in [0.1, 0.15) is 182 Å². The second-order valence-corrected chi connectivity index (χ2v) is 18.8. The molecule has 298 valence electrons. The molecule has 0 amide bonds. The molecule has 4 aliphatic carbocycles. The van der Waals surface area contributed by atoms with Crippen LogP contribution >= 0.6 is 0 Å². The number of unbranched alkanes of at least 4 members (excludes halogenated alkanes) is 7. The van der Waals surface area contributed by atoms with Crippen LogP contribution in [0.3, 0.4) is 0 Å². The van der Waals surface area contributed by atoms with Crippen molar-refractivity contribution in [2.45, 2.75) is 182 Å². The maximum atomic E-state index is 12.9. The SMILES string of the molecule is CCCCCCCCCCN=Cc1ccc(OCCCC(=O)O[C@H]2CC[C@@]3(C)C(=CC[C@H]4[C@@H]5CC[C@H]([C@H](C)CCCC(C)C)[C@@]5(C)CC[C@@H]43)C2)cc1O. The Hall–Kier alpha value is -2.30. The van der Waals surface area contributed by atoms with Gasteiger partial charge in [-0.15, -0.1) is 0 Å². The number of benzene rings is 1. The summed E-state index contributed by atoms with van der Waals surface area (Å²) in [7, 11) is 0. The highest BCUT2D eigenvalue weighted by Gasteiger charge is 2.59. The van der Waals surface area contributed by atoms with E-state index < -0.39 is 0 Å². The number of phenols is 1. The summed E-state index contributed by atoms with van der Waals surface area (Å²) in [6.07, 6.45) is 29.6. The minimum atomic E-state index is -0.115. The number of hydrogen-bond donors (Lipinski definition) is 1. The highest BCUT2D eigenvalue weighted by molar-refractivity contribution is 5.83. The summed E-state index contributed by atoms with van der Waals surface area (Å²) in [5, 5.41) is 10.5. The lowest BCUT2D eigenvalue weighted by Crippen LogP contribution is -2.51. The van der Waals surface area contributed by atoms with E-state index >= 15 is 0 Å². The summed E-state index contributed by atoms with van der Waals surface area (Å²) in [4.78, 5) is 17.4. The lowest BCUT2D eigenvalue weighted by Gasteiger charge is -2.58. The van der Waals surface area contributed by atoms with Crippen LogP contribution in [-0.4, -0.2) is 36.5 Å². The first kappa shape index (κ1) is 41.9. The lowest BCUT2D eigenvalue weighted by molar-refractivity contribution is -0.151. The molecule has 5 heteroatoms. The van der Waals surface area contributed by atoms with E-state index in [4.69, 9.17) is 9.47 Å². The van der Waals surface area contributed by atoms with E-state index in [0.29, 0.717) is 36.2 Å². The van der Waals surface area contributed by atoms with Crippen molar-refractivity contribution < 1.29 is 19.4 Å². The molecule has 0 bridgehead atoms. The van der Waals surface area contributed by atoms with E-state index in [1.807, 2.05) is 12.1 Å². The van der Waals surface area contributed by atoms with Crippen LogP contribution < -0.4 is 4.74 Å². The normalized spacial score (nSPS) is 30.1. The summed E-state index contributed by atoms with van der Waals surface area (Å²) in [6, 6.07) is 5.36. The van der Waals surface area contributed by atoms with Crippen molar-refractivity contribution in [2.75, 3.05) is 13.2 Å². The fraction of sp³-hybridized carbons (Fsp3) is 0.792. The number of nitrogens with zero attached hydrogens (tertiary/aromatic N) is 1. The van der Waals surface area contributed by atoms with Gasteiger partial charge in [-0.1, -0.05) is 117 Å². The van der Waals surface area contributed by atoms with Crippen LogP contribution in [0.4, 0.5) is 0 Å². The fourth-order valence-corrected chi connectivity index (χ4v) is 11.6. The minimum absolute atomic E-state index is 0.00240. The Balaban J connectivity index is 1.00. The Kier molecular flexibility index (Phi) is 15.8. The van der Waals surface area contributed by atoms with Crippen molar-refractivity contribution in [1.29, 1.82) is 0 Å². The number of carbonyl (C=O) groups is 1. The molecule has 1 aromatic carbocycles. The third-order valence-electron chi connectivity index (χ3n) is 14.7. The molecular weight excluding hydrogens is 655 g/mol. The van der Waals surface area contributed by atoms with Crippen LogP contribution in [0.25, 0.3) is 0 Å². The van der Waals surface area contributed by atoms with Crippen molar-refractivity contribution >= 4 is 12.2 Å². The number of esters is 1. The molecule has 4 aliphatic rings. The summed E-state index contributed by atoms with van der Waals surface area (Å²) >= 11 is 0. The van der Waals surface area contributed by atoms with Crippen LogP contribution in [0.15, 0.2) is 34.8 Å². The molecule has 53 heavy (non-hydrogen) atoms. The van der Waals surface area contributed by atoms with Gasteiger partial charge in [-0.3, -0.25) is 9.79 Å². The lowest BCUT2D eigenvalue weighted by atomic mass is 9.47. The molecule has 0 spiro atoms. The quantitative estimate of drug-likeness (QED) is 0.0591. The molecule has 3 fully saturated rings. The van der Waals surface area contributed by atoms with Crippen molar-refractivity contribution in [1.82, 2.24) is 0 Å². The molecule has 0 heterocycles. The topological polar surface area (TPSA) is 68.1 Å². The highest BCUT2D eigenvalue weighted by atomic mass is 16.5. The Morgan fingerprint density at radius 3 is 2.45 bits per heavy atom. The molecule has 8 atom stereocenters. The van der Waals surface area contributed by atoms with E-state index in [-0.39, 0.29) is 23.2 Å². The first-order valence-electron chi connectivity index (χ1n) is 22.4. The molecule has 0 aromatic heterocycles. The Bertz CT molecular complexity index is 1350. The van der Waals surface area contributed by atoms with Gasteiger partial charge in [-0.2, -0.15) is 0 Å². The zero-order valence-electron chi connectivity index (χ0n) is 34.8. The highest BCUT2D eigenvalue weighted by Crippen LogP contribution is 2.67. The average molecular weight is 732 g/mol. The average Bonchev–Trinajstić information content (AvgIpc) is 3.49.